The van der Waals surface area contributed by atoms with Crippen molar-refractivity contribution in [2.45, 2.75) is 19.5 Å². The van der Waals surface area contributed by atoms with Gasteiger partial charge in [-0.3, -0.25) is 4.90 Å². The van der Waals surface area contributed by atoms with Gasteiger partial charge in [0.05, 0.1) is 25.1 Å². The Balaban J connectivity index is 1.74. The summed E-state index contributed by atoms with van der Waals surface area (Å²) in [4.78, 5) is 3.11. The molecule has 0 spiro atoms. The van der Waals surface area contributed by atoms with Crippen LogP contribution in [0, 0.1) is 0 Å². The molecule has 0 unspecified atom stereocenters. The summed E-state index contributed by atoms with van der Waals surface area (Å²) in [6.45, 7) is 2.73. The van der Waals surface area contributed by atoms with E-state index in [4.69, 9.17) is 13.9 Å². The van der Waals surface area contributed by atoms with Crippen molar-refractivity contribution in [1.82, 2.24) is 15.1 Å². The zero-order chi connectivity index (χ0) is 17.8. The number of ether oxygens (including phenoxy) is 2. The lowest BCUT2D eigenvalue weighted by molar-refractivity contribution is 0.215. The van der Waals surface area contributed by atoms with Crippen LogP contribution in [-0.2, 0) is 6.54 Å². The van der Waals surface area contributed by atoms with Crippen molar-refractivity contribution in [3.05, 3.63) is 47.2 Å². The number of hydrogen-bond donors (Lipinski definition) is 0. The van der Waals surface area contributed by atoms with Crippen LogP contribution in [-0.4, -0.2) is 36.4 Å². The number of aromatic nitrogens is 2. The van der Waals surface area contributed by atoms with Crippen molar-refractivity contribution < 1.29 is 13.9 Å². The van der Waals surface area contributed by atoms with Crippen LogP contribution < -0.4 is 9.47 Å². The molecule has 25 heavy (non-hydrogen) atoms. The van der Waals surface area contributed by atoms with E-state index in [0.29, 0.717) is 18.3 Å². The van der Waals surface area contributed by atoms with E-state index in [9.17, 15) is 0 Å². The first-order chi connectivity index (χ1) is 12.1. The van der Waals surface area contributed by atoms with Crippen LogP contribution in [0.5, 0.6) is 11.5 Å². The summed E-state index contributed by atoms with van der Waals surface area (Å²) < 4.78 is 16.6. The van der Waals surface area contributed by atoms with E-state index < -0.39 is 0 Å². The molecule has 7 heteroatoms. The molecule has 0 saturated carbocycles. The molecule has 1 atom stereocenters. The molecule has 0 bridgehead atoms. The first-order valence-corrected chi connectivity index (χ1v) is 8.78. The summed E-state index contributed by atoms with van der Waals surface area (Å²) in [6, 6.07) is 9.74. The van der Waals surface area contributed by atoms with Crippen molar-refractivity contribution >= 4 is 11.3 Å². The van der Waals surface area contributed by atoms with E-state index in [1.165, 1.54) is 0 Å². The molecular weight excluding hydrogens is 338 g/mol. The molecule has 3 rings (SSSR count). The first kappa shape index (κ1) is 17.4. The Morgan fingerprint density at radius 1 is 1.20 bits per heavy atom. The van der Waals surface area contributed by atoms with Crippen LogP contribution >= 0.6 is 11.3 Å². The van der Waals surface area contributed by atoms with Crippen LogP contribution in [0.25, 0.3) is 10.8 Å². The fourth-order valence-corrected chi connectivity index (χ4v) is 3.12. The molecule has 1 aromatic carbocycles. The van der Waals surface area contributed by atoms with Gasteiger partial charge in [0.25, 0.3) is 5.89 Å². The normalized spacial score (nSPS) is 12.4. The van der Waals surface area contributed by atoms with Crippen LogP contribution in [0.3, 0.4) is 0 Å². The van der Waals surface area contributed by atoms with Gasteiger partial charge in [0.15, 0.2) is 0 Å². The summed E-state index contributed by atoms with van der Waals surface area (Å²) in [7, 11) is 5.32. The smallest absolute Gasteiger partial charge is 0.257 e. The molecule has 0 radical (unpaired) electrons. The second-order valence-electron chi connectivity index (χ2n) is 5.69. The van der Waals surface area contributed by atoms with Gasteiger partial charge in [0, 0.05) is 18.2 Å². The second-order valence-corrected chi connectivity index (χ2v) is 6.64. The standard InChI is InChI=1S/C18H21N3O3S/c1-12(17-19-20-18(24-17)16-6-5-9-25-16)21(2)11-13-7-8-14(22-3)10-15(13)23-4/h5-10,12H,11H2,1-4H3/t12-/m1/s1. The van der Waals surface area contributed by atoms with Gasteiger partial charge in [0.1, 0.15) is 11.5 Å². The first-order valence-electron chi connectivity index (χ1n) is 7.90. The Morgan fingerprint density at radius 2 is 2.04 bits per heavy atom. The van der Waals surface area contributed by atoms with Gasteiger partial charge in [-0.05, 0) is 31.5 Å². The molecule has 0 N–H and O–H groups in total. The lowest BCUT2D eigenvalue weighted by Crippen LogP contribution is -2.22. The fraction of sp³-hybridized carbons (Fsp3) is 0.333. The monoisotopic (exact) mass is 359 g/mol. The molecule has 0 aliphatic rings. The summed E-state index contributed by atoms with van der Waals surface area (Å²) >= 11 is 1.58. The number of rotatable bonds is 7. The zero-order valence-corrected chi connectivity index (χ0v) is 15.5. The molecular formula is C18H21N3O3S. The molecule has 132 valence electrons. The quantitative estimate of drug-likeness (QED) is 0.635. The average molecular weight is 359 g/mol. The lowest BCUT2D eigenvalue weighted by Gasteiger charge is -2.23. The molecule has 3 aromatic rings. The number of thiophene rings is 1. The van der Waals surface area contributed by atoms with Crippen molar-refractivity contribution in [3.63, 3.8) is 0 Å². The SMILES string of the molecule is COc1ccc(CN(C)[C@H](C)c2nnc(-c3cccs3)o2)c(OC)c1. The Morgan fingerprint density at radius 3 is 2.72 bits per heavy atom. The van der Waals surface area contributed by atoms with Crippen molar-refractivity contribution in [1.29, 1.82) is 0 Å². The Bertz CT molecular complexity index is 817. The third-order valence-corrected chi connectivity index (χ3v) is 4.96. The molecule has 2 heterocycles. The predicted octanol–water partition coefficient (Wildman–Crippen LogP) is 4.01. The zero-order valence-electron chi connectivity index (χ0n) is 14.7. The maximum atomic E-state index is 5.84. The van der Waals surface area contributed by atoms with Crippen LogP contribution in [0.4, 0.5) is 0 Å². The highest BCUT2D eigenvalue weighted by atomic mass is 32.1. The molecule has 0 aliphatic heterocycles. The van der Waals surface area contributed by atoms with E-state index >= 15 is 0 Å². The molecule has 0 fully saturated rings. The average Bonchev–Trinajstić information content (AvgIpc) is 3.32. The third-order valence-electron chi connectivity index (χ3n) is 4.11. The van der Waals surface area contributed by atoms with Gasteiger partial charge in [0.2, 0.25) is 5.89 Å². The summed E-state index contributed by atoms with van der Waals surface area (Å²) in [6.07, 6.45) is 0. The van der Waals surface area contributed by atoms with Crippen molar-refractivity contribution in [2.24, 2.45) is 0 Å². The minimum Gasteiger partial charge on any atom is -0.497 e. The van der Waals surface area contributed by atoms with Crippen LogP contribution in [0.1, 0.15) is 24.4 Å². The Kier molecular flexibility index (Phi) is 5.35. The second kappa shape index (κ2) is 7.67. The lowest BCUT2D eigenvalue weighted by atomic mass is 10.1. The van der Waals surface area contributed by atoms with E-state index in [2.05, 4.69) is 15.1 Å². The van der Waals surface area contributed by atoms with Gasteiger partial charge < -0.3 is 13.9 Å². The minimum atomic E-state index is -0.0204. The fourth-order valence-electron chi connectivity index (χ4n) is 2.48. The highest BCUT2D eigenvalue weighted by Crippen LogP contribution is 2.29. The van der Waals surface area contributed by atoms with Crippen molar-refractivity contribution in [3.8, 4) is 22.3 Å². The molecule has 0 aliphatic carbocycles. The van der Waals surface area contributed by atoms with E-state index in [1.54, 1.807) is 25.6 Å². The number of nitrogens with zero attached hydrogens (tertiary/aromatic N) is 3. The summed E-state index contributed by atoms with van der Waals surface area (Å²) in [5.41, 5.74) is 1.07. The van der Waals surface area contributed by atoms with E-state index in [-0.39, 0.29) is 6.04 Å². The van der Waals surface area contributed by atoms with Gasteiger partial charge in [-0.1, -0.05) is 12.1 Å². The molecule has 6 nitrogen and oxygen atoms in total. The van der Waals surface area contributed by atoms with Crippen LogP contribution in [0.15, 0.2) is 40.1 Å². The van der Waals surface area contributed by atoms with Gasteiger partial charge >= 0.3 is 0 Å². The molecule has 2 aromatic heterocycles. The van der Waals surface area contributed by atoms with Gasteiger partial charge in [-0.15, -0.1) is 21.5 Å². The highest BCUT2D eigenvalue weighted by Gasteiger charge is 2.20. The van der Waals surface area contributed by atoms with Gasteiger partial charge in [-0.25, -0.2) is 0 Å². The predicted molar refractivity (Wildman–Crippen MR) is 97.0 cm³/mol. The van der Waals surface area contributed by atoms with Crippen molar-refractivity contribution in [2.75, 3.05) is 21.3 Å². The maximum Gasteiger partial charge on any atom is 0.257 e. The maximum absolute atomic E-state index is 5.84. The Labute approximate surface area is 151 Å². The summed E-state index contributed by atoms with van der Waals surface area (Å²) in [5.74, 6) is 2.72. The summed E-state index contributed by atoms with van der Waals surface area (Å²) in [5, 5.41) is 10.3. The Hall–Kier alpha value is -2.38. The highest BCUT2D eigenvalue weighted by molar-refractivity contribution is 7.13. The number of methoxy groups -OCH3 is 2. The molecule has 0 saturated heterocycles. The third kappa shape index (κ3) is 3.83. The van der Waals surface area contributed by atoms with Crippen LogP contribution in [0.2, 0.25) is 0 Å². The van der Waals surface area contributed by atoms with E-state index in [1.807, 2.05) is 49.7 Å². The number of benzene rings is 1. The largest absolute Gasteiger partial charge is 0.497 e. The number of hydrogen-bond acceptors (Lipinski definition) is 7. The van der Waals surface area contributed by atoms with Gasteiger partial charge in [-0.2, -0.15) is 0 Å². The molecule has 0 amide bonds. The minimum absolute atomic E-state index is 0.0204. The topological polar surface area (TPSA) is 60.6 Å². The van der Waals surface area contributed by atoms with E-state index in [0.717, 1.165) is 21.9 Å².